The molecule has 1 aliphatic heterocycles. The van der Waals surface area contributed by atoms with Crippen molar-refractivity contribution in [3.05, 3.63) is 48.3 Å². The van der Waals surface area contributed by atoms with Crippen LogP contribution in [0.5, 0.6) is 0 Å². The second-order valence-corrected chi connectivity index (χ2v) is 5.85. The lowest BCUT2D eigenvalue weighted by Gasteiger charge is -2.18. The van der Waals surface area contributed by atoms with Gasteiger partial charge < -0.3 is 10.1 Å². The van der Waals surface area contributed by atoms with E-state index in [4.69, 9.17) is 4.74 Å². The summed E-state index contributed by atoms with van der Waals surface area (Å²) in [4.78, 5) is 14.5. The van der Waals surface area contributed by atoms with Crippen LogP contribution < -0.4 is 5.32 Å². The van der Waals surface area contributed by atoms with Crippen LogP contribution in [0.25, 0.3) is 5.69 Å². The smallest absolute Gasteiger partial charge is 0.237 e. The van der Waals surface area contributed by atoms with E-state index in [0.717, 1.165) is 24.2 Å². The summed E-state index contributed by atoms with van der Waals surface area (Å²) in [7, 11) is 3.65. The molecule has 122 valence electrons. The van der Waals surface area contributed by atoms with Gasteiger partial charge in [0.15, 0.2) is 0 Å². The van der Waals surface area contributed by atoms with E-state index in [-0.39, 0.29) is 18.1 Å². The van der Waals surface area contributed by atoms with Gasteiger partial charge in [-0.05, 0) is 31.2 Å². The Morgan fingerprint density at radius 1 is 1.39 bits per heavy atom. The number of rotatable bonds is 5. The van der Waals surface area contributed by atoms with E-state index >= 15 is 0 Å². The van der Waals surface area contributed by atoms with Crippen molar-refractivity contribution < 1.29 is 9.53 Å². The Morgan fingerprint density at radius 3 is 2.91 bits per heavy atom. The number of para-hydroxylation sites is 1. The van der Waals surface area contributed by atoms with E-state index in [9.17, 15) is 4.79 Å². The molecule has 1 aromatic carbocycles. The van der Waals surface area contributed by atoms with Crippen LogP contribution in [-0.4, -0.2) is 53.4 Å². The number of nitrogens with zero attached hydrogens (tertiary/aromatic N) is 3. The first-order valence-corrected chi connectivity index (χ1v) is 7.77. The number of carbonyl (C=O) groups excluding carboxylic acids is 1. The van der Waals surface area contributed by atoms with Gasteiger partial charge in [-0.2, -0.15) is 5.10 Å². The van der Waals surface area contributed by atoms with Gasteiger partial charge in [-0.15, -0.1) is 0 Å². The minimum atomic E-state index is -0.128. The predicted octanol–water partition coefficient (Wildman–Crippen LogP) is 1.21. The lowest BCUT2D eigenvalue weighted by Crippen LogP contribution is -2.41. The van der Waals surface area contributed by atoms with Crippen LogP contribution >= 0.6 is 0 Å². The van der Waals surface area contributed by atoms with E-state index in [1.807, 2.05) is 53.2 Å². The highest BCUT2D eigenvalue weighted by atomic mass is 16.5. The van der Waals surface area contributed by atoms with Gasteiger partial charge in [-0.3, -0.25) is 9.69 Å². The van der Waals surface area contributed by atoms with Crippen molar-refractivity contribution in [2.24, 2.45) is 0 Å². The Bertz CT molecular complexity index is 656. The van der Waals surface area contributed by atoms with Crippen molar-refractivity contribution in [2.75, 3.05) is 20.7 Å². The molecule has 6 nitrogen and oxygen atoms in total. The van der Waals surface area contributed by atoms with Gasteiger partial charge >= 0.3 is 0 Å². The molecule has 2 atom stereocenters. The van der Waals surface area contributed by atoms with Crippen molar-refractivity contribution >= 4 is 5.91 Å². The first kappa shape index (κ1) is 15.7. The van der Waals surface area contributed by atoms with Crippen molar-refractivity contribution in [3.63, 3.8) is 0 Å². The summed E-state index contributed by atoms with van der Waals surface area (Å²) in [5.74, 6) is 0.0438. The standard InChI is InChI=1S/C17H22N4O2/c1-20-12-14(23-2)10-16(20)17(22)18-11-13-6-3-4-7-15(13)21-9-5-8-19-21/h3-9,14,16H,10-12H2,1-2H3,(H,18,22)/t14-,16-/m0/s1. The maximum Gasteiger partial charge on any atom is 0.237 e. The maximum absolute atomic E-state index is 12.5. The number of likely N-dealkylation sites (N-methyl/N-ethyl adjacent to an activating group) is 1. The van der Waals surface area contributed by atoms with Gasteiger partial charge in [-0.1, -0.05) is 18.2 Å². The third kappa shape index (κ3) is 3.43. The zero-order valence-electron chi connectivity index (χ0n) is 13.5. The number of likely N-dealkylation sites (tertiary alicyclic amines) is 1. The number of hydrogen-bond acceptors (Lipinski definition) is 4. The van der Waals surface area contributed by atoms with E-state index in [2.05, 4.69) is 10.4 Å². The summed E-state index contributed by atoms with van der Waals surface area (Å²) in [6.45, 7) is 1.27. The van der Waals surface area contributed by atoms with Gasteiger partial charge in [0.2, 0.25) is 5.91 Å². The van der Waals surface area contributed by atoms with Crippen LogP contribution in [0.15, 0.2) is 42.7 Å². The van der Waals surface area contributed by atoms with Crippen LogP contribution in [0.1, 0.15) is 12.0 Å². The summed E-state index contributed by atoms with van der Waals surface area (Å²) < 4.78 is 7.17. The van der Waals surface area contributed by atoms with Crippen molar-refractivity contribution in [1.82, 2.24) is 20.0 Å². The van der Waals surface area contributed by atoms with Crippen LogP contribution in [0.4, 0.5) is 0 Å². The zero-order valence-corrected chi connectivity index (χ0v) is 13.5. The highest BCUT2D eigenvalue weighted by Gasteiger charge is 2.34. The lowest BCUT2D eigenvalue weighted by atomic mass is 10.1. The topological polar surface area (TPSA) is 59.4 Å². The molecule has 2 aromatic rings. The summed E-state index contributed by atoms with van der Waals surface area (Å²) >= 11 is 0. The minimum absolute atomic E-state index is 0.0438. The van der Waals surface area contributed by atoms with E-state index in [0.29, 0.717) is 6.54 Å². The molecule has 0 unspecified atom stereocenters. The molecule has 1 fully saturated rings. The van der Waals surface area contributed by atoms with E-state index in [1.165, 1.54) is 0 Å². The fourth-order valence-electron chi connectivity index (χ4n) is 3.03. The molecule has 0 aliphatic carbocycles. The number of hydrogen-bond donors (Lipinski definition) is 1. The third-order valence-corrected chi connectivity index (χ3v) is 4.34. The molecule has 0 spiro atoms. The fraction of sp³-hybridized carbons (Fsp3) is 0.412. The summed E-state index contributed by atoms with van der Waals surface area (Å²) in [6, 6.07) is 9.70. The van der Waals surface area contributed by atoms with Crippen LogP contribution in [0.2, 0.25) is 0 Å². The molecule has 0 saturated carbocycles. The Hall–Kier alpha value is -2.18. The lowest BCUT2D eigenvalue weighted by molar-refractivity contribution is -0.125. The molecule has 1 aromatic heterocycles. The average Bonchev–Trinajstić information content (AvgIpc) is 3.22. The summed E-state index contributed by atoms with van der Waals surface area (Å²) in [5, 5.41) is 7.30. The molecule has 2 heterocycles. The molecule has 0 radical (unpaired) electrons. The molecule has 6 heteroatoms. The Labute approximate surface area is 136 Å². The van der Waals surface area contributed by atoms with Crippen LogP contribution in [0, 0.1) is 0 Å². The van der Waals surface area contributed by atoms with Crippen molar-refractivity contribution in [2.45, 2.75) is 25.1 Å². The number of nitrogens with one attached hydrogen (secondary N) is 1. The van der Waals surface area contributed by atoms with E-state index in [1.54, 1.807) is 13.3 Å². The molecular weight excluding hydrogens is 292 g/mol. The number of carbonyl (C=O) groups is 1. The number of benzene rings is 1. The molecule has 1 saturated heterocycles. The first-order chi connectivity index (χ1) is 11.2. The Kier molecular flexibility index (Phi) is 4.73. The predicted molar refractivity (Wildman–Crippen MR) is 87.2 cm³/mol. The summed E-state index contributed by atoms with van der Waals surface area (Å²) in [6.07, 6.45) is 4.51. The van der Waals surface area contributed by atoms with Gasteiger partial charge in [0, 0.05) is 32.6 Å². The highest BCUT2D eigenvalue weighted by Crippen LogP contribution is 2.19. The van der Waals surface area contributed by atoms with Gasteiger partial charge in [-0.25, -0.2) is 4.68 Å². The quantitative estimate of drug-likeness (QED) is 0.901. The largest absolute Gasteiger partial charge is 0.380 e. The van der Waals surface area contributed by atoms with Gasteiger partial charge in [0.25, 0.3) is 0 Å². The average molecular weight is 314 g/mol. The molecule has 1 aliphatic rings. The monoisotopic (exact) mass is 314 g/mol. The molecule has 1 amide bonds. The Balaban J connectivity index is 1.66. The molecule has 0 bridgehead atoms. The molecular formula is C17H22N4O2. The molecule has 23 heavy (non-hydrogen) atoms. The first-order valence-electron chi connectivity index (χ1n) is 7.77. The second kappa shape index (κ2) is 6.93. The Morgan fingerprint density at radius 2 is 2.22 bits per heavy atom. The SMILES string of the molecule is CO[C@H]1C[C@@H](C(=O)NCc2ccccc2-n2cccn2)N(C)C1. The third-order valence-electron chi connectivity index (χ3n) is 4.34. The van der Waals surface area contributed by atoms with Gasteiger partial charge in [0.1, 0.15) is 0 Å². The van der Waals surface area contributed by atoms with Crippen LogP contribution in [-0.2, 0) is 16.1 Å². The molecule has 3 rings (SSSR count). The van der Waals surface area contributed by atoms with Crippen LogP contribution in [0.3, 0.4) is 0 Å². The molecule has 1 N–H and O–H groups in total. The fourth-order valence-corrected chi connectivity index (χ4v) is 3.03. The summed E-state index contributed by atoms with van der Waals surface area (Å²) in [5.41, 5.74) is 2.01. The second-order valence-electron chi connectivity index (χ2n) is 5.85. The number of methoxy groups -OCH3 is 1. The maximum atomic E-state index is 12.5. The van der Waals surface area contributed by atoms with E-state index < -0.39 is 0 Å². The minimum Gasteiger partial charge on any atom is -0.380 e. The van der Waals surface area contributed by atoms with Gasteiger partial charge in [0.05, 0.1) is 17.8 Å². The number of aromatic nitrogens is 2. The highest BCUT2D eigenvalue weighted by molar-refractivity contribution is 5.82. The number of amides is 1. The number of ether oxygens (including phenoxy) is 1. The van der Waals surface area contributed by atoms with Crippen molar-refractivity contribution in [1.29, 1.82) is 0 Å². The van der Waals surface area contributed by atoms with Crippen molar-refractivity contribution in [3.8, 4) is 5.69 Å². The normalized spacial score (nSPS) is 21.5. The zero-order chi connectivity index (χ0) is 16.2.